The number of rotatable bonds is 5. The zero-order valence-corrected chi connectivity index (χ0v) is 16.0. The van der Waals surface area contributed by atoms with Gasteiger partial charge in [-0.05, 0) is 67.7 Å². The Hall–Kier alpha value is -3.25. The van der Waals surface area contributed by atoms with E-state index in [1.165, 1.54) is 0 Å². The Bertz CT molecular complexity index is 940. The van der Waals surface area contributed by atoms with Crippen molar-refractivity contribution in [3.05, 3.63) is 89.7 Å². The molecule has 0 radical (unpaired) electrons. The first-order chi connectivity index (χ1) is 13.2. The molecule has 0 unspecified atom stereocenters. The van der Waals surface area contributed by atoms with Gasteiger partial charge in [-0.3, -0.25) is 10.4 Å². The molecule has 0 aliphatic carbocycles. The van der Waals surface area contributed by atoms with Gasteiger partial charge in [0.25, 0.3) is 0 Å². The van der Waals surface area contributed by atoms with Crippen LogP contribution in [0, 0.1) is 6.92 Å². The molecule has 27 heavy (non-hydrogen) atoms. The van der Waals surface area contributed by atoms with Gasteiger partial charge in [0.05, 0.1) is 12.8 Å². The Morgan fingerprint density at radius 3 is 2.37 bits per heavy atom. The van der Waals surface area contributed by atoms with E-state index in [1.807, 2.05) is 79.7 Å². The van der Waals surface area contributed by atoms with Crippen molar-refractivity contribution in [1.29, 1.82) is 0 Å². The van der Waals surface area contributed by atoms with Gasteiger partial charge in [-0.25, -0.2) is 0 Å². The van der Waals surface area contributed by atoms with Crippen molar-refractivity contribution >= 4 is 28.7 Å². The number of nitrogens with one attached hydrogen (secondary N) is 2. The van der Waals surface area contributed by atoms with Gasteiger partial charge in [0.2, 0.25) is 0 Å². The van der Waals surface area contributed by atoms with E-state index in [-0.39, 0.29) is 0 Å². The summed E-state index contributed by atoms with van der Waals surface area (Å²) in [6.07, 6.45) is 0. The summed E-state index contributed by atoms with van der Waals surface area (Å²) >= 11 is 5.35. The first kappa shape index (κ1) is 18.5. The number of nitrogens with zero attached hydrogens (tertiary/aromatic N) is 2. The number of pyridine rings is 1. The van der Waals surface area contributed by atoms with Crippen LogP contribution in [0.15, 0.2) is 77.9 Å². The summed E-state index contributed by atoms with van der Waals surface area (Å²) in [5, 5.41) is 8.02. The minimum atomic E-state index is 0.403. The van der Waals surface area contributed by atoms with Gasteiger partial charge in [-0.1, -0.05) is 24.3 Å². The lowest BCUT2D eigenvalue weighted by atomic mass is 10.1. The van der Waals surface area contributed by atoms with Crippen LogP contribution in [0.5, 0.6) is 5.75 Å². The largest absolute Gasteiger partial charge is 0.497 e. The normalized spacial score (nSPS) is 11.0. The molecule has 0 saturated carbocycles. The van der Waals surface area contributed by atoms with Gasteiger partial charge in [0, 0.05) is 16.9 Å². The van der Waals surface area contributed by atoms with E-state index in [4.69, 9.17) is 17.0 Å². The molecule has 6 heteroatoms. The first-order valence-electron chi connectivity index (χ1n) is 8.44. The standard InChI is InChI=1S/C21H20N4OS/c1-15-7-6-10-19(22-15)20(16-11-13-18(26-2)14-12-16)24-25-21(27)23-17-8-4-3-5-9-17/h3-14H,1-2H3,(H2,23,25,27)/b24-20-. The van der Waals surface area contributed by atoms with Crippen LogP contribution in [-0.2, 0) is 0 Å². The molecule has 0 aliphatic heterocycles. The zero-order chi connectivity index (χ0) is 19.1. The van der Waals surface area contributed by atoms with Crippen LogP contribution in [0.25, 0.3) is 0 Å². The maximum atomic E-state index is 5.35. The van der Waals surface area contributed by atoms with Crippen LogP contribution in [0.4, 0.5) is 5.69 Å². The third kappa shape index (κ3) is 5.12. The van der Waals surface area contributed by atoms with E-state index in [0.717, 1.165) is 28.4 Å². The number of ether oxygens (including phenoxy) is 1. The highest BCUT2D eigenvalue weighted by molar-refractivity contribution is 7.80. The predicted octanol–water partition coefficient (Wildman–Crippen LogP) is 4.14. The summed E-state index contributed by atoms with van der Waals surface area (Å²) in [6.45, 7) is 1.95. The first-order valence-corrected chi connectivity index (χ1v) is 8.85. The minimum Gasteiger partial charge on any atom is -0.497 e. The molecule has 0 atom stereocenters. The smallest absolute Gasteiger partial charge is 0.191 e. The van der Waals surface area contributed by atoms with Crippen LogP contribution in [-0.4, -0.2) is 22.9 Å². The summed E-state index contributed by atoms with van der Waals surface area (Å²) < 4.78 is 5.24. The number of aromatic nitrogens is 1. The second-order valence-electron chi connectivity index (χ2n) is 5.79. The average Bonchev–Trinajstić information content (AvgIpc) is 2.69. The number of anilines is 1. The number of thiocarbonyl (C=S) groups is 1. The molecule has 136 valence electrons. The van der Waals surface area contributed by atoms with Crippen molar-refractivity contribution in [3.8, 4) is 5.75 Å². The molecular weight excluding hydrogens is 356 g/mol. The number of hydrazone groups is 1. The van der Waals surface area contributed by atoms with E-state index in [0.29, 0.717) is 10.8 Å². The highest BCUT2D eigenvalue weighted by Crippen LogP contribution is 2.15. The van der Waals surface area contributed by atoms with Gasteiger partial charge in [-0.2, -0.15) is 5.10 Å². The van der Waals surface area contributed by atoms with E-state index < -0.39 is 0 Å². The quantitative estimate of drug-likeness (QED) is 0.398. The fraction of sp³-hybridized carbons (Fsp3) is 0.0952. The molecule has 1 heterocycles. The molecule has 0 spiro atoms. The number of hydrogen-bond acceptors (Lipinski definition) is 4. The lowest BCUT2D eigenvalue weighted by Crippen LogP contribution is -2.26. The number of hydrogen-bond donors (Lipinski definition) is 2. The molecule has 0 aliphatic rings. The molecule has 5 nitrogen and oxygen atoms in total. The highest BCUT2D eigenvalue weighted by atomic mass is 32.1. The molecular formula is C21H20N4OS. The van der Waals surface area contributed by atoms with Crippen LogP contribution >= 0.6 is 12.2 Å². The van der Waals surface area contributed by atoms with Gasteiger partial charge in [0.15, 0.2) is 5.11 Å². The molecule has 0 bridgehead atoms. The van der Waals surface area contributed by atoms with Gasteiger partial charge < -0.3 is 10.1 Å². The Balaban J connectivity index is 1.86. The molecule has 2 N–H and O–H groups in total. The summed E-state index contributed by atoms with van der Waals surface area (Å²) in [4.78, 5) is 4.59. The number of aryl methyl sites for hydroxylation is 1. The van der Waals surface area contributed by atoms with Crippen LogP contribution in [0.3, 0.4) is 0 Å². The van der Waals surface area contributed by atoms with E-state index in [1.54, 1.807) is 7.11 Å². The molecule has 0 saturated heterocycles. The number of para-hydroxylation sites is 1. The molecule has 2 aromatic carbocycles. The fourth-order valence-electron chi connectivity index (χ4n) is 2.48. The van der Waals surface area contributed by atoms with Gasteiger partial charge in [0.1, 0.15) is 11.5 Å². The van der Waals surface area contributed by atoms with Crippen molar-refractivity contribution < 1.29 is 4.74 Å². The summed E-state index contributed by atoms with van der Waals surface area (Å²) in [5.74, 6) is 0.782. The fourth-order valence-corrected chi connectivity index (χ4v) is 2.64. The summed E-state index contributed by atoms with van der Waals surface area (Å²) in [5.41, 5.74) is 7.08. The van der Waals surface area contributed by atoms with E-state index in [2.05, 4.69) is 20.8 Å². The van der Waals surface area contributed by atoms with Crippen molar-refractivity contribution in [2.45, 2.75) is 6.92 Å². The maximum Gasteiger partial charge on any atom is 0.191 e. The maximum absolute atomic E-state index is 5.35. The topological polar surface area (TPSA) is 58.5 Å². The van der Waals surface area contributed by atoms with E-state index in [9.17, 15) is 0 Å². The second-order valence-corrected chi connectivity index (χ2v) is 6.19. The van der Waals surface area contributed by atoms with E-state index >= 15 is 0 Å². The molecule has 3 aromatic rings. The third-order valence-electron chi connectivity index (χ3n) is 3.80. The lowest BCUT2D eigenvalue weighted by molar-refractivity contribution is 0.415. The Morgan fingerprint density at radius 2 is 1.70 bits per heavy atom. The monoisotopic (exact) mass is 376 g/mol. The third-order valence-corrected chi connectivity index (χ3v) is 3.99. The van der Waals surface area contributed by atoms with Crippen molar-refractivity contribution in [1.82, 2.24) is 10.4 Å². The van der Waals surface area contributed by atoms with Gasteiger partial charge >= 0.3 is 0 Å². The SMILES string of the molecule is COc1ccc(/C(=N/NC(=S)Nc2ccccc2)c2cccc(C)n2)cc1. The Morgan fingerprint density at radius 1 is 0.963 bits per heavy atom. The zero-order valence-electron chi connectivity index (χ0n) is 15.1. The highest BCUT2D eigenvalue weighted by Gasteiger charge is 2.10. The van der Waals surface area contributed by atoms with Crippen molar-refractivity contribution in [2.75, 3.05) is 12.4 Å². The average molecular weight is 376 g/mol. The molecule has 3 rings (SSSR count). The van der Waals surface area contributed by atoms with Gasteiger partial charge in [-0.15, -0.1) is 0 Å². The summed E-state index contributed by atoms with van der Waals surface area (Å²) in [6, 6.07) is 23.2. The second kappa shape index (κ2) is 8.91. The number of benzene rings is 2. The number of methoxy groups -OCH3 is 1. The predicted molar refractivity (Wildman–Crippen MR) is 113 cm³/mol. The van der Waals surface area contributed by atoms with Crippen LogP contribution in [0.2, 0.25) is 0 Å². The molecule has 0 amide bonds. The van der Waals surface area contributed by atoms with Crippen LogP contribution < -0.4 is 15.5 Å². The molecule has 0 fully saturated rings. The van der Waals surface area contributed by atoms with Crippen molar-refractivity contribution in [3.63, 3.8) is 0 Å². The Labute approximate surface area is 164 Å². The lowest BCUT2D eigenvalue weighted by Gasteiger charge is -2.11. The van der Waals surface area contributed by atoms with Crippen molar-refractivity contribution in [2.24, 2.45) is 5.10 Å². The van der Waals surface area contributed by atoms with Crippen LogP contribution in [0.1, 0.15) is 17.0 Å². The summed E-state index contributed by atoms with van der Waals surface area (Å²) in [7, 11) is 1.64. The molecule has 1 aromatic heterocycles. The Kier molecular flexibility index (Phi) is 6.12. The minimum absolute atomic E-state index is 0.403.